The Morgan fingerprint density at radius 2 is 1.78 bits per heavy atom. The number of para-hydroxylation sites is 1. The number of rotatable bonds is 8. The summed E-state index contributed by atoms with van der Waals surface area (Å²) >= 11 is 3.40. The average Bonchev–Trinajstić information content (AvgIpc) is 2.59. The van der Waals surface area contributed by atoms with Crippen LogP contribution in [0.1, 0.15) is 42.1 Å². The van der Waals surface area contributed by atoms with Crippen molar-refractivity contribution in [3.05, 3.63) is 58.1 Å². The van der Waals surface area contributed by atoms with Gasteiger partial charge in [0, 0.05) is 5.56 Å². The van der Waals surface area contributed by atoms with E-state index in [2.05, 4.69) is 35.8 Å². The Balaban J connectivity index is 1.90. The van der Waals surface area contributed by atoms with Crippen molar-refractivity contribution in [2.45, 2.75) is 26.2 Å². The largest absolute Gasteiger partial charge is 0.490 e. The highest BCUT2D eigenvalue weighted by atomic mass is 79.9. The molecule has 2 rings (SSSR count). The Labute approximate surface area is 145 Å². The van der Waals surface area contributed by atoms with Crippen LogP contribution in [-0.2, 0) is 0 Å². The number of hydrogen-bond donors (Lipinski definition) is 0. The predicted molar refractivity (Wildman–Crippen MR) is 95.7 cm³/mol. The van der Waals surface area contributed by atoms with Gasteiger partial charge in [-0.15, -0.1) is 0 Å². The van der Waals surface area contributed by atoms with Crippen LogP contribution in [0.15, 0.2) is 46.9 Å². The first-order valence-electron chi connectivity index (χ1n) is 7.75. The third-order valence-corrected chi connectivity index (χ3v) is 4.37. The van der Waals surface area contributed by atoms with Gasteiger partial charge >= 0.3 is 0 Å². The smallest absolute Gasteiger partial charge is 0.150 e. The maximum atomic E-state index is 10.7. The lowest BCUT2D eigenvalue weighted by Gasteiger charge is -2.16. The number of ether oxygens (including phenoxy) is 2. The van der Waals surface area contributed by atoms with Crippen molar-refractivity contribution in [3.63, 3.8) is 0 Å². The molecule has 0 bridgehead atoms. The monoisotopic (exact) mass is 376 g/mol. The van der Waals surface area contributed by atoms with Crippen molar-refractivity contribution in [1.29, 1.82) is 0 Å². The summed E-state index contributed by atoms with van der Waals surface area (Å²) in [4.78, 5) is 10.7. The van der Waals surface area contributed by atoms with Crippen LogP contribution in [-0.4, -0.2) is 19.5 Å². The number of benzene rings is 2. The van der Waals surface area contributed by atoms with Gasteiger partial charge in [0.1, 0.15) is 31.0 Å². The molecule has 122 valence electrons. The Morgan fingerprint density at radius 1 is 1.09 bits per heavy atom. The summed E-state index contributed by atoms with van der Waals surface area (Å²) in [5, 5.41) is 0. The molecule has 1 atom stereocenters. The minimum atomic E-state index is 0.438. The summed E-state index contributed by atoms with van der Waals surface area (Å²) in [6, 6.07) is 13.4. The van der Waals surface area contributed by atoms with Crippen LogP contribution in [0.3, 0.4) is 0 Å². The van der Waals surface area contributed by atoms with Crippen molar-refractivity contribution in [1.82, 2.24) is 0 Å². The van der Waals surface area contributed by atoms with Crippen LogP contribution >= 0.6 is 15.9 Å². The summed E-state index contributed by atoms with van der Waals surface area (Å²) in [7, 11) is 0. The lowest BCUT2D eigenvalue weighted by molar-refractivity contribution is 0.112. The number of aldehydes is 1. The van der Waals surface area contributed by atoms with Gasteiger partial charge in [0.2, 0.25) is 0 Å². The molecule has 0 aliphatic heterocycles. The molecule has 0 amide bonds. The standard InChI is InChI=1S/C19H21BrO3/c1-3-14(2)16-6-4-5-7-18(16)22-10-11-23-19-9-8-15(13-21)12-17(19)20/h4-9,12-14H,3,10-11H2,1-2H3. The van der Waals surface area contributed by atoms with Crippen LogP contribution in [0, 0.1) is 0 Å². The molecule has 0 N–H and O–H groups in total. The summed E-state index contributed by atoms with van der Waals surface area (Å²) in [5.41, 5.74) is 1.84. The highest BCUT2D eigenvalue weighted by Crippen LogP contribution is 2.29. The fourth-order valence-corrected chi connectivity index (χ4v) is 2.76. The van der Waals surface area contributed by atoms with E-state index in [-0.39, 0.29) is 0 Å². The van der Waals surface area contributed by atoms with E-state index in [1.165, 1.54) is 5.56 Å². The lowest BCUT2D eigenvalue weighted by Crippen LogP contribution is -2.10. The third kappa shape index (κ3) is 4.83. The molecular weight excluding hydrogens is 356 g/mol. The molecule has 4 heteroatoms. The van der Waals surface area contributed by atoms with Crippen molar-refractivity contribution in [3.8, 4) is 11.5 Å². The fraction of sp³-hybridized carbons (Fsp3) is 0.316. The second-order valence-electron chi connectivity index (χ2n) is 5.35. The lowest BCUT2D eigenvalue weighted by atomic mass is 9.98. The van der Waals surface area contributed by atoms with Gasteiger partial charge in [-0.25, -0.2) is 0 Å². The molecule has 1 unspecified atom stereocenters. The van der Waals surface area contributed by atoms with Crippen molar-refractivity contribution in [2.24, 2.45) is 0 Å². The highest BCUT2D eigenvalue weighted by Gasteiger charge is 2.09. The molecule has 0 fully saturated rings. The summed E-state index contributed by atoms with van der Waals surface area (Å²) < 4.78 is 12.3. The molecular formula is C19H21BrO3. The van der Waals surface area contributed by atoms with Crippen molar-refractivity contribution < 1.29 is 14.3 Å². The van der Waals surface area contributed by atoms with Crippen LogP contribution in [0.2, 0.25) is 0 Å². The van der Waals surface area contributed by atoms with Crippen LogP contribution in [0.25, 0.3) is 0 Å². The first-order chi connectivity index (χ1) is 11.2. The number of hydrogen-bond acceptors (Lipinski definition) is 3. The molecule has 23 heavy (non-hydrogen) atoms. The summed E-state index contributed by atoms with van der Waals surface area (Å²) in [5.74, 6) is 2.09. The quantitative estimate of drug-likeness (QED) is 0.467. The molecule has 2 aromatic carbocycles. The average molecular weight is 377 g/mol. The van der Waals surface area contributed by atoms with E-state index in [4.69, 9.17) is 9.47 Å². The number of carbonyl (C=O) groups is 1. The Morgan fingerprint density at radius 3 is 2.43 bits per heavy atom. The Hall–Kier alpha value is -1.81. The van der Waals surface area contributed by atoms with E-state index in [1.807, 2.05) is 18.2 Å². The van der Waals surface area contributed by atoms with Gasteiger partial charge < -0.3 is 9.47 Å². The third-order valence-electron chi connectivity index (χ3n) is 3.75. The molecule has 0 saturated heterocycles. The normalized spacial score (nSPS) is 11.8. The van der Waals surface area contributed by atoms with E-state index in [0.717, 1.165) is 22.9 Å². The van der Waals surface area contributed by atoms with Crippen molar-refractivity contribution in [2.75, 3.05) is 13.2 Å². The molecule has 3 nitrogen and oxygen atoms in total. The van der Waals surface area contributed by atoms with Gasteiger partial charge in [-0.3, -0.25) is 4.79 Å². The van der Waals surface area contributed by atoms with Crippen LogP contribution in [0.5, 0.6) is 11.5 Å². The zero-order valence-corrected chi connectivity index (χ0v) is 15.0. The summed E-state index contributed by atoms with van der Waals surface area (Å²) in [6.07, 6.45) is 1.89. The maximum absolute atomic E-state index is 10.7. The molecule has 0 radical (unpaired) electrons. The van der Waals surface area contributed by atoms with Crippen molar-refractivity contribution >= 4 is 22.2 Å². The molecule has 0 aromatic heterocycles. The van der Waals surface area contributed by atoms with E-state index in [1.54, 1.807) is 18.2 Å². The maximum Gasteiger partial charge on any atom is 0.150 e. The number of halogens is 1. The first-order valence-corrected chi connectivity index (χ1v) is 8.54. The first kappa shape index (κ1) is 17.5. The highest BCUT2D eigenvalue weighted by molar-refractivity contribution is 9.10. The van der Waals surface area contributed by atoms with E-state index < -0.39 is 0 Å². The molecule has 0 spiro atoms. The number of carbonyl (C=O) groups excluding carboxylic acids is 1. The Kier molecular flexibility index (Phi) is 6.66. The molecule has 0 aliphatic rings. The van der Waals surface area contributed by atoms with Gasteiger partial charge in [-0.1, -0.05) is 32.0 Å². The molecule has 0 saturated carbocycles. The van der Waals surface area contributed by atoms with E-state index in [0.29, 0.717) is 30.4 Å². The van der Waals surface area contributed by atoms with E-state index >= 15 is 0 Å². The zero-order chi connectivity index (χ0) is 16.7. The van der Waals surface area contributed by atoms with Gasteiger partial charge in [0.15, 0.2) is 0 Å². The van der Waals surface area contributed by atoms with Crippen LogP contribution < -0.4 is 9.47 Å². The summed E-state index contributed by atoms with van der Waals surface area (Å²) in [6.45, 7) is 5.28. The van der Waals surface area contributed by atoms with E-state index in [9.17, 15) is 4.79 Å². The van der Waals surface area contributed by atoms with Gasteiger partial charge in [0.05, 0.1) is 4.47 Å². The van der Waals surface area contributed by atoms with Gasteiger partial charge in [0.25, 0.3) is 0 Å². The Bertz CT molecular complexity index is 655. The molecule has 0 heterocycles. The topological polar surface area (TPSA) is 35.5 Å². The minimum absolute atomic E-state index is 0.438. The molecule has 0 aliphatic carbocycles. The van der Waals surface area contributed by atoms with Gasteiger partial charge in [-0.2, -0.15) is 0 Å². The minimum Gasteiger partial charge on any atom is -0.490 e. The second kappa shape index (κ2) is 8.73. The zero-order valence-electron chi connectivity index (χ0n) is 13.4. The van der Waals surface area contributed by atoms with Crippen LogP contribution in [0.4, 0.5) is 0 Å². The van der Waals surface area contributed by atoms with Gasteiger partial charge in [-0.05, 0) is 58.1 Å². The SMILES string of the molecule is CCC(C)c1ccccc1OCCOc1ccc(C=O)cc1Br. The second-order valence-corrected chi connectivity index (χ2v) is 6.21. The predicted octanol–water partition coefficient (Wildman–Crippen LogP) is 5.23. The fourth-order valence-electron chi connectivity index (χ4n) is 2.25. The molecule has 2 aromatic rings.